The monoisotopic (exact) mass is 569 g/mol. The number of rotatable bonds is 16. The molecule has 9 N–H and O–H groups in total. The molecule has 12 nitrogen and oxygen atoms in total. The molecule has 0 aliphatic heterocycles. The molecule has 0 heterocycles. The van der Waals surface area contributed by atoms with E-state index in [-0.39, 0.29) is 37.4 Å². The average molecular weight is 570 g/mol. The number of benzene rings is 2. The van der Waals surface area contributed by atoms with Gasteiger partial charge in [0.25, 0.3) is 0 Å². The van der Waals surface area contributed by atoms with Crippen molar-refractivity contribution < 1.29 is 34.2 Å². The van der Waals surface area contributed by atoms with E-state index in [4.69, 9.17) is 11.5 Å². The first-order valence-electron chi connectivity index (χ1n) is 13.3. The number of phenolic OH excluding ortho intramolecular Hbond substituents is 1. The number of primary amides is 1. The van der Waals surface area contributed by atoms with Crippen molar-refractivity contribution >= 4 is 29.6 Å². The summed E-state index contributed by atoms with van der Waals surface area (Å²) in [5, 5.41) is 26.9. The molecule has 222 valence electrons. The van der Waals surface area contributed by atoms with Gasteiger partial charge in [0.05, 0.1) is 6.04 Å². The molecule has 0 spiro atoms. The third-order valence-electron chi connectivity index (χ3n) is 6.28. The fourth-order valence-electron chi connectivity index (χ4n) is 4.12. The zero-order chi connectivity index (χ0) is 30.5. The predicted octanol–water partition coefficient (Wildman–Crippen LogP) is 0.355. The van der Waals surface area contributed by atoms with Crippen molar-refractivity contribution in [1.82, 2.24) is 16.0 Å². The summed E-state index contributed by atoms with van der Waals surface area (Å²) in [5.41, 5.74) is 12.5. The summed E-state index contributed by atoms with van der Waals surface area (Å²) in [6, 6.07) is 10.3. The minimum Gasteiger partial charge on any atom is -0.508 e. The van der Waals surface area contributed by atoms with Crippen LogP contribution in [0.5, 0.6) is 5.75 Å². The fourth-order valence-corrected chi connectivity index (χ4v) is 4.12. The zero-order valence-corrected chi connectivity index (χ0v) is 23.2. The van der Waals surface area contributed by atoms with Gasteiger partial charge in [0.15, 0.2) is 0 Å². The number of carbonyl (C=O) groups is 5. The number of amides is 4. The van der Waals surface area contributed by atoms with Gasteiger partial charge in [0.1, 0.15) is 23.9 Å². The Morgan fingerprint density at radius 2 is 1.24 bits per heavy atom. The van der Waals surface area contributed by atoms with E-state index in [9.17, 15) is 34.2 Å². The molecule has 41 heavy (non-hydrogen) atoms. The van der Waals surface area contributed by atoms with Crippen LogP contribution in [0.25, 0.3) is 0 Å². The summed E-state index contributed by atoms with van der Waals surface area (Å²) in [5.74, 6) is -3.97. The van der Waals surface area contributed by atoms with E-state index in [0.717, 1.165) is 5.56 Å². The van der Waals surface area contributed by atoms with E-state index < -0.39 is 53.8 Å². The number of hydrogen-bond donors (Lipinski definition) is 7. The van der Waals surface area contributed by atoms with Crippen LogP contribution in [0.3, 0.4) is 0 Å². The van der Waals surface area contributed by atoms with E-state index in [0.29, 0.717) is 12.0 Å². The van der Waals surface area contributed by atoms with E-state index in [2.05, 4.69) is 16.0 Å². The highest BCUT2D eigenvalue weighted by atomic mass is 16.4. The number of aliphatic carboxylic acids is 1. The lowest BCUT2D eigenvalue weighted by molar-refractivity contribution is -0.142. The number of carboxylic acids is 1. The summed E-state index contributed by atoms with van der Waals surface area (Å²) >= 11 is 0. The highest BCUT2D eigenvalue weighted by molar-refractivity contribution is 5.94. The second-order valence-electron chi connectivity index (χ2n) is 10.3. The molecule has 0 aliphatic carbocycles. The van der Waals surface area contributed by atoms with Crippen LogP contribution < -0.4 is 27.4 Å². The number of aromatic hydroxyl groups is 1. The number of carboxylic acid groups (broad SMARTS) is 1. The van der Waals surface area contributed by atoms with Gasteiger partial charge in [-0.15, -0.1) is 0 Å². The van der Waals surface area contributed by atoms with E-state index in [1.807, 2.05) is 19.9 Å². The van der Waals surface area contributed by atoms with Crippen LogP contribution in [-0.4, -0.2) is 64.0 Å². The van der Waals surface area contributed by atoms with Crippen LogP contribution in [0, 0.1) is 5.92 Å². The lowest BCUT2D eigenvalue weighted by atomic mass is 10.0. The first kappa shape index (κ1) is 32.8. The van der Waals surface area contributed by atoms with E-state index >= 15 is 0 Å². The molecule has 12 heteroatoms. The predicted molar refractivity (Wildman–Crippen MR) is 151 cm³/mol. The smallest absolute Gasteiger partial charge is 0.326 e. The number of nitrogens with two attached hydrogens (primary N) is 2. The first-order valence-corrected chi connectivity index (χ1v) is 13.3. The molecule has 0 radical (unpaired) electrons. The van der Waals surface area contributed by atoms with Gasteiger partial charge < -0.3 is 37.6 Å². The first-order chi connectivity index (χ1) is 19.3. The summed E-state index contributed by atoms with van der Waals surface area (Å²) in [4.78, 5) is 62.6. The highest BCUT2D eigenvalue weighted by Crippen LogP contribution is 2.13. The number of nitrogens with one attached hydrogen (secondary N) is 3. The quantitative estimate of drug-likeness (QED) is 0.149. The molecule has 0 aliphatic rings. The maximum absolute atomic E-state index is 13.6. The van der Waals surface area contributed by atoms with Crippen LogP contribution >= 0.6 is 0 Å². The standard InChI is InChI=1S/C29H39N5O7/c1-17(2)14-21(30)26(37)33-23(15-18-6-4-3-5-7-18)28(39)34-24(16-19-8-10-20(35)11-9-19)27(38)32-22(29(40)41)12-13-25(31)36/h3-11,17,21-24,35H,12-16,30H2,1-2H3,(H2,31,36)(H,32,38)(H,33,37)(H,34,39)(H,40,41). The molecule has 2 aromatic carbocycles. The van der Waals surface area contributed by atoms with Gasteiger partial charge >= 0.3 is 5.97 Å². The Balaban J connectivity index is 2.32. The summed E-state index contributed by atoms with van der Waals surface area (Å²) < 4.78 is 0. The Labute approximate surface area is 238 Å². The summed E-state index contributed by atoms with van der Waals surface area (Å²) in [7, 11) is 0. The average Bonchev–Trinajstić information content (AvgIpc) is 2.91. The Kier molecular flexibility index (Phi) is 12.8. The maximum atomic E-state index is 13.6. The van der Waals surface area contributed by atoms with Crippen LogP contribution in [-0.2, 0) is 36.8 Å². The highest BCUT2D eigenvalue weighted by Gasteiger charge is 2.31. The molecule has 0 bridgehead atoms. The Hall–Kier alpha value is -4.45. The van der Waals surface area contributed by atoms with Gasteiger partial charge in [0.2, 0.25) is 23.6 Å². The van der Waals surface area contributed by atoms with E-state index in [1.54, 1.807) is 36.4 Å². The van der Waals surface area contributed by atoms with Gasteiger partial charge in [-0.1, -0.05) is 56.3 Å². The number of phenols is 1. The second kappa shape index (κ2) is 16.0. The molecule has 2 rings (SSSR count). The van der Waals surface area contributed by atoms with Crippen LogP contribution in [0.15, 0.2) is 54.6 Å². The largest absolute Gasteiger partial charge is 0.508 e. The van der Waals surface area contributed by atoms with Gasteiger partial charge in [-0.3, -0.25) is 19.2 Å². The Bertz CT molecular complexity index is 1190. The minimum absolute atomic E-state index is 0.000413. The van der Waals surface area contributed by atoms with Crippen molar-refractivity contribution in [2.75, 3.05) is 0 Å². The van der Waals surface area contributed by atoms with Crippen LogP contribution in [0.4, 0.5) is 0 Å². The fraction of sp³-hybridized carbons (Fsp3) is 0.414. The van der Waals surface area contributed by atoms with Crippen LogP contribution in [0.2, 0.25) is 0 Å². The molecule has 0 saturated carbocycles. The van der Waals surface area contributed by atoms with Crippen molar-refractivity contribution in [3.05, 3.63) is 65.7 Å². The van der Waals surface area contributed by atoms with Crippen LogP contribution in [0.1, 0.15) is 44.2 Å². The molecule has 0 fully saturated rings. The molecule has 4 unspecified atom stereocenters. The van der Waals surface area contributed by atoms with Crippen molar-refractivity contribution in [2.24, 2.45) is 17.4 Å². The van der Waals surface area contributed by atoms with Gasteiger partial charge in [0, 0.05) is 19.3 Å². The van der Waals surface area contributed by atoms with Gasteiger partial charge in [-0.25, -0.2) is 4.79 Å². The number of carbonyl (C=O) groups excluding carboxylic acids is 4. The number of hydrogen-bond acceptors (Lipinski definition) is 7. The van der Waals surface area contributed by atoms with Crippen molar-refractivity contribution in [3.8, 4) is 5.75 Å². The SMILES string of the molecule is CC(C)CC(N)C(=O)NC(Cc1ccccc1)C(=O)NC(Cc1ccc(O)cc1)C(=O)NC(CCC(N)=O)C(=O)O. The molecule has 4 amide bonds. The van der Waals surface area contributed by atoms with Crippen molar-refractivity contribution in [1.29, 1.82) is 0 Å². The van der Waals surface area contributed by atoms with Gasteiger partial charge in [-0.2, -0.15) is 0 Å². The Morgan fingerprint density at radius 3 is 1.73 bits per heavy atom. The third kappa shape index (κ3) is 11.7. The Morgan fingerprint density at radius 1 is 0.756 bits per heavy atom. The van der Waals surface area contributed by atoms with Gasteiger partial charge in [-0.05, 0) is 42.0 Å². The normalized spacial score (nSPS) is 13.9. The molecule has 0 aromatic heterocycles. The zero-order valence-electron chi connectivity index (χ0n) is 23.2. The molecular formula is C29H39N5O7. The lowest BCUT2D eigenvalue weighted by Crippen LogP contribution is -2.58. The van der Waals surface area contributed by atoms with Crippen molar-refractivity contribution in [2.45, 2.75) is 70.1 Å². The second-order valence-corrected chi connectivity index (χ2v) is 10.3. The lowest BCUT2D eigenvalue weighted by Gasteiger charge is -2.26. The third-order valence-corrected chi connectivity index (χ3v) is 6.28. The summed E-state index contributed by atoms with van der Waals surface area (Å²) in [6.45, 7) is 3.84. The molecular weight excluding hydrogens is 530 g/mol. The molecule has 4 atom stereocenters. The topological polar surface area (TPSA) is 214 Å². The maximum Gasteiger partial charge on any atom is 0.326 e. The van der Waals surface area contributed by atoms with Crippen molar-refractivity contribution in [3.63, 3.8) is 0 Å². The minimum atomic E-state index is -1.43. The molecule has 2 aromatic rings. The summed E-state index contributed by atoms with van der Waals surface area (Å²) in [6.07, 6.45) is -0.0559. The van der Waals surface area contributed by atoms with E-state index in [1.165, 1.54) is 12.1 Å². The molecule has 0 saturated heterocycles.